The number of benzene rings is 1. The third kappa shape index (κ3) is 6.10. The monoisotopic (exact) mass is 436 g/mol. The first-order chi connectivity index (χ1) is 13.8. The topological polar surface area (TPSA) is 73.0 Å². The van der Waals surface area contributed by atoms with Crippen molar-refractivity contribution >= 4 is 27.3 Å². The number of carbonyl (C=O) groups excluding carboxylic acids is 1. The quantitative estimate of drug-likeness (QED) is 0.678. The Morgan fingerprint density at radius 2 is 1.86 bits per heavy atom. The highest BCUT2D eigenvalue weighted by Crippen LogP contribution is 2.19. The second-order valence-corrected chi connectivity index (χ2v) is 10.6. The van der Waals surface area contributed by atoms with Crippen molar-refractivity contribution in [3.05, 3.63) is 52.9 Å². The summed E-state index contributed by atoms with van der Waals surface area (Å²) in [5, 5.41) is 4.53. The molecule has 1 fully saturated rings. The van der Waals surface area contributed by atoms with Crippen LogP contribution >= 0.6 is 11.3 Å². The van der Waals surface area contributed by atoms with Gasteiger partial charge in [0.1, 0.15) is 4.21 Å². The van der Waals surface area contributed by atoms with Gasteiger partial charge in [-0.2, -0.15) is 4.31 Å². The van der Waals surface area contributed by atoms with Gasteiger partial charge in [-0.3, -0.25) is 9.69 Å². The van der Waals surface area contributed by atoms with Crippen molar-refractivity contribution in [2.45, 2.75) is 17.3 Å². The summed E-state index contributed by atoms with van der Waals surface area (Å²) < 4.78 is 26.1. The molecule has 2 heterocycles. The second kappa shape index (κ2) is 9.82. The molecule has 1 N–H and O–H groups in total. The smallest absolute Gasteiger partial charge is 0.252 e. The van der Waals surface area contributed by atoms with E-state index in [1.807, 2.05) is 12.1 Å². The van der Waals surface area contributed by atoms with Crippen LogP contribution in [0, 0.1) is 0 Å². The number of amides is 1. The number of thiophene rings is 1. The van der Waals surface area contributed by atoms with Gasteiger partial charge in [0.2, 0.25) is 5.91 Å². The summed E-state index contributed by atoms with van der Waals surface area (Å²) in [7, 11) is -0.0541. The van der Waals surface area contributed by atoms with Crippen molar-refractivity contribution in [3.8, 4) is 0 Å². The molecule has 0 atom stereocenters. The fourth-order valence-corrected chi connectivity index (χ4v) is 5.54. The zero-order chi connectivity index (χ0) is 20.9. The van der Waals surface area contributed by atoms with Gasteiger partial charge in [0, 0.05) is 46.3 Å². The molecule has 1 aliphatic heterocycles. The Morgan fingerprint density at radius 1 is 1.14 bits per heavy atom. The standard InChI is InChI=1S/C20H28N4O3S2/c1-22-8-10-24(11-9-22)15-18-6-3-5-17(13-18)14-21-19(25)16-23(2)29(26,27)20-7-4-12-28-20/h3-7,12-13H,8-11,14-16H2,1-2H3,(H,21,25). The van der Waals surface area contributed by atoms with Crippen LogP contribution < -0.4 is 5.32 Å². The molecule has 2 aromatic rings. The fourth-order valence-electron chi connectivity index (χ4n) is 3.21. The molecule has 1 aromatic heterocycles. The third-order valence-corrected chi connectivity index (χ3v) is 8.19. The Bertz CT molecular complexity index is 908. The van der Waals surface area contributed by atoms with Crippen LogP contribution in [0.5, 0.6) is 0 Å². The van der Waals surface area contributed by atoms with E-state index in [0.717, 1.165) is 53.9 Å². The number of piperazine rings is 1. The van der Waals surface area contributed by atoms with E-state index in [1.165, 1.54) is 12.6 Å². The normalized spacial score (nSPS) is 16.2. The zero-order valence-corrected chi connectivity index (χ0v) is 18.5. The minimum atomic E-state index is -3.62. The maximum absolute atomic E-state index is 12.4. The lowest BCUT2D eigenvalue weighted by Gasteiger charge is -2.32. The van der Waals surface area contributed by atoms with Gasteiger partial charge in [0.15, 0.2) is 0 Å². The lowest BCUT2D eigenvalue weighted by atomic mass is 10.1. The zero-order valence-electron chi connectivity index (χ0n) is 16.9. The first kappa shape index (κ1) is 21.9. The summed E-state index contributed by atoms with van der Waals surface area (Å²) in [6.07, 6.45) is 0. The Labute approximate surface area is 177 Å². The number of nitrogens with zero attached hydrogens (tertiary/aromatic N) is 3. The van der Waals surface area contributed by atoms with Crippen LogP contribution in [0.25, 0.3) is 0 Å². The van der Waals surface area contributed by atoms with E-state index < -0.39 is 10.0 Å². The Balaban J connectivity index is 1.50. The summed E-state index contributed by atoms with van der Waals surface area (Å²) in [5.41, 5.74) is 2.23. The first-order valence-corrected chi connectivity index (χ1v) is 11.9. The SMILES string of the molecule is CN1CCN(Cc2cccc(CNC(=O)CN(C)S(=O)(=O)c3cccs3)c2)CC1. The summed E-state index contributed by atoms with van der Waals surface area (Å²) in [5.74, 6) is -0.322. The molecular formula is C20H28N4O3S2. The Morgan fingerprint density at radius 3 is 2.55 bits per heavy atom. The van der Waals surface area contributed by atoms with Gasteiger partial charge in [0.25, 0.3) is 10.0 Å². The van der Waals surface area contributed by atoms with E-state index in [-0.39, 0.29) is 16.7 Å². The van der Waals surface area contributed by atoms with Crippen LogP contribution in [0.3, 0.4) is 0 Å². The number of likely N-dealkylation sites (N-methyl/N-ethyl adjacent to an activating group) is 2. The van der Waals surface area contributed by atoms with E-state index in [0.29, 0.717) is 6.54 Å². The Kier molecular flexibility index (Phi) is 7.42. The summed E-state index contributed by atoms with van der Waals surface area (Å²) in [6, 6.07) is 11.4. The van der Waals surface area contributed by atoms with Crippen LogP contribution in [0.15, 0.2) is 46.0 Å². The number of sulfonamides is 1. The molecule has 1 aliphatic rings. The molecule has 0 radical (unpaired) electrons. The van der Waals surface area contributed by atoms with Crippen molar-refractivity contribution in [2.24, 2.45) is 0 Å². The summed E-state index contributed by atoms with van der Waals surface area (Å²) in [6.45, 7) is 5.35. The van der Waals surface area contributed by atoms with Crippen molar-refractivity contribution < 1.29 is 13.2 Å². The van der Waals surface area contributed by atoms with Gasteiger partial charge in [0.05, 0.1) is 6.54 Å². The number of hydrogen-bond donors (Lipinski definition) is 1. The van der Waals surface area contributed by atoms with Crippen molar-refractivity contribution in [2.75, 3.05) is 46.8 Å². The average Bonchev–Trinajstić information content (AvgIpc) is 3.24. The molecule has 0 aliphatic carbocycles. The van der Waals surface area contributed by atoms with Crippen LogP contribution in [0.2, 0.25) is 0 Å². The molecule has 0 saturated carbocycles. The van der Waals surface area contributed by atoms with Crippen LogP contribution in [0.1, 0.15) is 11.1 Å². The van der Waals surface area contributed by atoms with Gasteiger partial charge >= 0.3 is 0 Å². The molecule has 158 valence electrons. The largest absolute Gasteiger partial charge is 0.351 e. The predicted octanol–water partition coefficient (Wildman–Crippen LogP) is 1.43. The molecule has 0 bridgehead atoms. The number of nitrogens with one attached hydrogen (secondary N) is 1. The number of carbonyl (C=O) groups is 1. The lowest BCUT2D eigenvalue weighted by Crippen LogP contribution is -2.43. The van der Waals surface area contributed by atoms with Crippen LogP contribution in [-0.4, -0.2) is 75.2 Å². The van der Waals surface area contributed by atoms with Gasteiger partial charge in [-0.15, -0.1) is 11.3 Å². The van der Waals surface area contributed by atoms with Crippen LogP contribution in [0.4, 0.5) is 0 Å². The number of hydrogen-bond acceptors (Lipinski definition) is 6. The highest BCUT2D eigenvalue weighted by atomic mass is 32.2. The highest BCUT2D eigenvalue weighted by molar-refractivity contribution is 7.91. The van der Waals surface area contributed by atoms with Gasteiger partial charge < -0.3 is 10.2 Å². The predicted molar refractivity (Wildman–Crippen MR) is 115 cm³/mol. The molecule has 1 amide bonds. The minimum Gasteiger partial charge on any atom is -0.351 e. The average molecular weight is 437 g/mol. The van der Waals surface area contributed by atoms with Crippen molar-refractivity contribution in [1.29, 1.82) is 0 Å². The van der Waals surface area contributed by atoms with Gasteiger partial charge in [-0.25, -0.2) is 8.42 Å². The van der Waals surface area contributed by atoms with E-state index >= 15 is 0 Å². The molecule has 0 spiro atoms. The molecule has 29 heavy (non-hydrogen) atoms. The third-order valence-electron chi connectivity index (χ3n) is 5.01. The maximum Gasteiger partial charge on any atom is 0.252 e. The highest BCUT2D eigenvalue weighted by Gasteiger charge is 2.23. The first-order valence-electron chi connectivity index (χ1n) is 9.60. The molecule has 7 nitrogen and oxygen atoms in total. The summed E-state index contributed by atoms with van der Waals surface area (Å²) >= 11 is 1.14. The molecule has 1 saturated heterocycles. The summed E-state index contributed by atoms with van der Waals surface area (Å²) in [4.78, 5) is 17.0. The molecule has 9 heteroatoms. The number of rotatable bonds is 8. The lowest BCUT2D eigenvalue weighted by molar-refractivity contribution is -0.121. The van der Waals surface area contributed by atoms with Crippen LogP contribution in [-0.2, 0) is 27.9 Å². The van der Waals surface area contributed by atoms with E-state index in [2.05, 4.69) is 34.3 Å². The van der Waals surface area contributed by atoms with E-state index in [9.17, 15) is 13.2 Å². The second-order valence-electron chi connectivity index (χ2n) is 7.37. The van der Waals surface area contributed by atoms with E-state index in [1.54, 1.807) is 17.5 Å². The van der Waals surface area contributed by atoms with E-state index in [4.69, 9.17) is 0 Å². The molecule has 3 rings (SSSR count). The van der Waals surface area contributed by atoms with Gasteiger partial charge in [-0.1, -0.05) is 30.3 Å². The van der Waals surface area contributed by atoms with Gasteiger partial charge in [-0.05, 0) is 29.6 Å². The van der Waals surface area contributed by atoms with Crippen molar-refractivity contribution in [1.82, 2.24) is 19.4 Å². The molecular weight excluding hydrogens is 408 g/mol. The molecule has 0 unspecified atom stereocenters. The molecule has 1 aromatic carbocycles. The Hall–Kier alpha value is -1.78. The maximum atomic E-state index is 12.4. The van der Waals surface area contributed by atoms with Crippen molar-refractivity contribution in [3.63, 3.8) is 0 Å². The fraction of sp³-hybridized carbons (Fsp3) is 0.450. The minimum absolute atomic E-state index is 0.207.